The Morgan fingerprint density at radius 1 is 1.60 bits per heavy atom. The van der Waals surface area contributed by atoms with Gasteiger partial charge in [-0.2, -0.15) is 0 Å². The van der Waals surface area contributed by atoms with E-state index in [9.17, 15) is 9.18 Å². The highest BCUT2D eigenvalue weighted by Crippen LogP contribution is 2.35. The van der Waals surface area contributed by atoms with Crippen molar-refractivity contribution in [1.29, 1.82) is 0 Å². The quantitative estimate of drug-likeness (QED) is 0.804. The van der Waals surface area contributed by atoms with Crippen molar-refractivity contribution in [3.8, 4) is 5.75 Å². The first-order valence-electron chi connectivity index (χ1n) is 4.41. The van der Waals surface area contributed by atoms with Crippen LogP contribution in [0.25, 0.3) is 0 Å². The molecule has 1 aromatic rings. The molecule has 1 atom stereocenters. The molecule has 80 valence electrons. The topological polar surface area (TPSA) is 46.5 Å². The molecule has 0 saturated heterocycles. The summed E-state index contributed by atoms with van der Waals surface area (Å²) in [6.45, 7) is 0.0771. The third kappa shape index (κ3) is 1.90. The second-order valence-corrected chi connectivity index (χ2v) is 3.83. The zero-order valence-corrected chi connectivity index (χ0v) is 8.42. The van der Waals surface area contributed by atoms with Gasteiger partial charge in [0, 0.05) is 0 Å². The number of hydrogen-bond donors (Lipinski definition) is 1. The van der Waals surface area contributed by atoms with Gasteiger partial charge >= 0.3 is 5.97 Å². The Labute approximate surface area is 90.4 Å². The fourth-order valence-electron chi connectivity index (χ4n) is 1.59. The van der Waals surface area contributed by atoms with Crippen LogP contribution in [0, 0.1) is 11.7 Å². The molecule has 0 amide bonds. The number of rotatable bonds is 1. The molecule has 0 bridgehead atoms. The molecule has 1 heterocycles. The number of benzene rings is 1. The van der Waals surface area contributed by atoms with Crippen LogP contribution in [0.1, 0.15) is 5.56 Å². The van der Waals surface area contributed by atoms with Crippen LogP contribution in [-0.2, 0) is 11.2 Å². The third-order valence-electron chi connectivity index (χ3n) is 2.33. The van der Waals surface area contributed by atoms with Gasteiger partial charge < -0.3 is 9.84 Å². The van der Waals surface area contributed by atoms with Gasteiger partial charge in [0.1, 0.15) is 18.2 Å². The molecule has 0 radical (unpaired) electrons. The summed E-state index contributed by atoms with van der Waals surface area (Å²) in [6, 6.07) is 2.41. The number of carbonyl (C=O) groups is 1. The minimum Gasteiger partial charge on any atom is -0.491 e. The lowest BCUT2D eigenvalue weighted by atomic mass is 9.97. The molecular weight excluding hydrogens is 223 g/mol. The molecule has 0 saturated carbocycles. The van der Waals surface area contributed by atoms with Crippen LogP contribution in [0.15, 0.2) is 12.1 Å². The molecule has 3 nitrogen and oxygen atoms in total. The van der Waals surface area contributed by atoms with E-state index in [0.29, 0.717) is 11.3 Å². The standard InChI is InChI=1S/C10H8ClFO3/c11-8-3-7(12)2-5-1-6(10(13)14)4-15-9(5)8/h2-3,6H,1,4H2,(H,13,14). The molecule has 1 aliphatic rings. The van der Waals surface area contributed by atoms with E-state index >= 15 is 0 Å². The van der Waals surface area contributed by atoms with Crippen LogP contribution >= 0.6 is 11.6 Å². The second-order valence-electron chi connectivity index (χ2n) is 3.43. The van der Waals surface area contributed by atoms with E-state index in [1.165, 1.54) is 6.07 Å². The van der Waals surface area contributed by atoms with E-state index in [2.05, 4.69) is 0 Å². The minimum atomic E-state index is -0.943. The lowest BCUT2D eigenvalue weighted by Gasteiger charge is -2.23. The second kappa shape index (κ2) is 3.70. The maximum atomic E-state index is 13.0. The third-order valence-corrected chi connectivity index (χ3v) is 2.61. The molecule has 1 aliphatic heterocycles. The molecule has 15 heavy (non-hydrogen) atoms. The smallest absolute Gasteiger partial charge is 0.310 e. The highest BCUT2D eigenvalue weighted by molar-refractivity contribution is 6.32. The van der Waals surface area contributed by atoms with Crippen molar-refractivity contribution in [2.75, 3.05) is 6.61 Å². The number of ether oxygens (including phenoxy) is 1. The highest BCUT2D eigenvalue weighted by atomic mass is 35.5. The van der Waals surface area contributed by atoms with E-state index in [1.54, 1.807) is 0 Å². The lowest BCUT2D eigenvalue weighted by molar-refractivity contribution is -0.143. The zero-order chi connectivity index (χ0) is 11.0. The summed E-state index contributed by atoms with van der Waals surface area (Å²) in [7, 11) is 0. The van der Waals surface area contributed by atoms with Crippen LogP contribution in [0.5, 0.6) is 5.75 Å². The van der Waals surface area contributed by atoms with Crippen molar-refractivity contribution in [3.05, 3.63) is 28.5 Å². The van der Waals surface area contributed by atoms with Crippen LogP contribution in [0.2, 0.25) is 5.02 Å². The van der Waals surface area contributed by atoms with E-state index in [1.807, 2.05) is 0 Å². The maximum absolute atomic E-state index is 13.0. The van der Waals surface area contributed by atoms with Crippen molar-refractivity contribution in [2.45, 2.75) is 6.42 Å². The van der Waals surface area contributed by atoms with Gasteiger partial charge in [-0.05, 0) is 24.1 Å². The Balaban J connectivity index is 2.37. The van der Waals surface area contributed by atoms with Gasteiger partial charge in [-0.25, -0.2) is 4.39 Å². The molecule has 0 fully saturated rings. The maximum Gasteiger partial charge on any atom is 0.310 e. The summed E-state index contributed by atoms with van der Waals surface area (Å²) in [4.78, 5) is 10.7. The van der Waals surface area contributed by atoms with Gasteiger partial charge in [-0.1, -0.05) is 11.6 Å². The predicted molar refractivity (Wildman–Crippen MR) is 51.7 cm³/mol. The van der Waals surface area contributed by atoms with Crippen molar-refractivity contribution >= 4 is 17.6 Å². The summed E-state index contributed by atoms with van der Waals surface area (Å²) in [6.07, 6.45) is 0.252. The fourth-order valence-corrected chi connectivity index (χ4v) is 1.87. The monoisotopic (exact) mass is 230 g/mol. The molecule has 2 rings (SSSR count). The van der Waals surface area contributed by atoms with Crippen LogP contribution < -0.4 is 4.74 Å². The Hall–Kier alpha value is -1.29. The summed E-state index contributed by atoms with van der Waals surface area (Å²) >= 11 is 5.76. The number of fused-ring (bicyclic) bond motifs is 1. The largest absolute Gasteiger partial charge is 0.491 e. The highest BCUT2D eigenvalue weighted by Gasteiger charge is 2.27. The summed E-state index contributed by atoms with van der Waals surface area (Å²) in [5.41, 5.74) is 0.513. The van der Waals surface area contributed by atoms with Gasteiger partial charge in [0.25, 0.3) is 0 Å². The van der Waals surface area contributed by atoms with E-state index in [4.69, 9.17) is 21.4 Å². The molecule has 1 unspecified atom stereocenters. The van der Waals surface area contributed by atoms with E-state index in [0.717, 1.165) is 6.07 Å². The Morgan fingerprint density at radius 2 is 2.33 bits per heavy atom. The van der Waals surface area contributed by atoms with Gasteiger partial charge in [-0.15, -0.1) is 0 Å². The van der Waals surface area contributed by atoms with E-state index < -0.39 is 17.7 Å². The van der Waals surface area contributed by atoms with Crippen molar-refractivity contribution in [1.82, 2.24) is 0 Å². The normalized spacial score (nSPS) is 19.2. The molecule has 0 aliphatic carbocycles. The predicted octanol–water partition coefficient (Wildman–Crippen LogP) is 2.11. The summed E-state index contributed by atoms with van der Waals surface area (Å²) in [5, 5.41) is 8.98. The summed E-state index contributed by atoms with van der Waals surface area (Å²) < 4.78 is 18.2. The van der Waals surface area contributed by atoms with Gasteiger partial charge in [0.15, 0.2) is 0 Å². The SMILES string of the molecule is O=C(O)C1COc2c(Cl)cc(F)cc2C1. The number of carboxylic acids is 1. The first-order chi connectivity index (χ1) is 7.08. The molecular formula is C10H8ClFO3. The average molecular weight is 231 g/mol. The molecule has 1 N–H and O–H groups in total. The van der Waals surface area contributed by atoms with Crippen molar-refractivity contribution < 1.29 is 19.0 Å². The fraction of sp³-hybridized carbons (Fsp3) is 0.300. The number of aliphatic carboxylic acids is 1. The van der Waals surface area contributed by atoms with Gasteiger partial charge in [0.2, 0.25) is 0 Å². The van der Waals surface area contributed by atoms with E-state index in [-0.39, 0.29) is 18.1 Å². The van der Waals surface area contributed by atoms with Crippen LogP contribution in [-0.4, -0.2) is 17.7 Å². The van der Waals surface area contributed by atoms with Gasteiger partial charge in [-0.3, -0.25) is 4.79 Å². The molecule has 0 spiro atoms. The lowest BCUT2D eigenvalue weighted by Crippen LogP contribution is -2.28. The van der Waals surface area contributed by atoms with Gasteiger partial charge in [0.05, 0.1) is 10.9 Å². The average Bonchev–Trinajstić information content (AvgIpc) is 2.16. The Bertz CT molecular complexity index is 419. The number of halogens is 2. The minimum absolute atomic E-state index is 0.0771. The molecule has 0 aromatic heterocycles. The van der Waals surface area contributed by atoms with Crippen LogP contribution in [0.3, 0.4) is 0 Å². The Morgan fingerprint density at radius 3 is 3.00 bits per heavy atom. The van der Waals surface area contributed by atoms with Crippen LogP contribution in [0.4, 0.5) is 4.39 Å². The first kappa shape index (κ1) is 10.2. The number of hydrogen-bond acceptors (Lipinski definition) is 2. The van der Waals surface area contributed by atoms with Crippen molar-refractivity contribution in [3.63, 3.8) is 0 Å². The Kier molecular flexibility index (Phi) is 2.52. The summed E-state index contributed by atoms with van der Waals surface area (Å²) in [5.74, 6) is -1.65. The zero-order valence-electron chi connectivity index (χ0n) is 7.67. The molecule has 1 aromatic carbocycles. The number of carboxylic acid groups (broad SMARTS) is 1. The first-order valence-corrected chi connectivity index (χ1v) is 4.79. The molecule has 5 heteroatoms. The van der Waals surface area contributed by atoms with Crippen molar-refractivity contribution in [2.24, 2.45) is 5.92 Å².